The Morgan fingerprint density at radius 2 is 1.67 bits per heavy atom. The van der Waals surface area contributed by atoms with Gasteiger partial charge in [0.15, 0.2) is 6.10 Å². The van der Waals surface area contributed by atoms with Crippen LogP contribution in [-0.2, 0) is 34.6 Å². The molecule has 45 heavy (non-hydrogen) atoms. The van der Waals surface area contributed by atoms with Gasteiger partial charge in [0.25, 0.3) is 5.56 Å². The first-order chi connectivity index (χ1) is 21.7. The lowest BCUT2D eigenvalue weighted by molar-refractivity contribution is -0.137. The first kappa shape index (κ1) is 32.3. The molecule has 5 rings (SSSR count). The summed E-state index contributed by atoms with van der Waals surface area (Å²) < 4.78 is 73.0. The van der Waals surface area contributed by atoms with Crippen LogP contribution in [0.3, 0.4) is 0 Å². The number of nitrogens with one attached hydrogen (secondary N) is 1. The number of hydrogen-bond acceptors (Lipinski definition) is 9. The fraction of sp³-hybridized carbons (Fsp3) is 0.452. The molecule has 2 fully saturated rings. The lowest BCUT2D eigenvalue weighted by Crippen LogP contribution is -2.30. The maximum absolute atomic E-state index is 13.5. The van der Waals surface area contributed by atoms with E-state index in [-0.39, 0.29) is 43.0 Å². The number of nitrogens with zero attached hydrogens (tertiary/aromatic N) is 1. The number of H-pyrrole nitrogens is 1. The number of amides is 1. The summed E-state index contributed by atoms with van der Waals surface area (Å²) in [6.07, 6.45) is -4.73. The number of aromatic nitrogens is 1. The van der Waals surface area contributed by atoms with Crippen LogP contribution < -0.4 is 10.5 Å². The van der Waals surface area contributed by atoms with Crippen LogP contribution in [0, 0.1) is 0 Å². The number of alkyl halides is 3. The Kier molecular flexibility index (Phi) is 10.6. The zero-order valence-corrected chi connectivity index (χ0v) is 24.3. The number of carbonyl (C=O) groups excluding carboxylic acids is 2. The number of anilines is 1. The van der Waals surface area contributed by atoms with E-state index < -0.39 is 41.8 Å². The average Bonchev–Trinajstić information content (AvgIpc) is 3.39. The topological polar surface area (TPSA) is 126 Å². The Morgan fingerprint density at radius 3 is 2.47 bits per heavy atom. The first-order valence-electron chi connectivity index (χ1n) is 14.6. The third-order valence-electron chi connectivity index (χ3n) is 7.27. The summed E-state index contributed by atoms with van der Waals surface area (Å²) >= 11 is 0. The molecular weight excluding hydrogens is 601 g/mol. The molecule has 1 N–H and O–H groups in total. The van der Waals surface area contributed by atoms with Gasteiger partial charge in [-0.1, -0.05) is 24.3 Å². The van der Waals surface area contributed by atoms with E-state index >= 15 is 0 Å². The van der Waals surface area contributed by atoms with Crippen LogP contribution >= 0.6 is 0 Å². The van der Waals surface area contributed by atoms with Crippen molar-refractivity contribution in [1.29, 1.82) is 0 Å². The van der Waals surface area contributed by atoms with E-state index in [0.717, 1.165) is 25.3 Å². The molecule has 0 aliphatic carbocycles. The van der Waals surface area contributed by atoms with E-state index in [1.807, 2.05) is 0 Å². The molecule has 0 spiro atoms. The number of hydrogen-bond donors (Lipinski definition) is 1. The second kappa shape index (κ2) is 14.8. The zero-order chi connectivity index (χ0) is 31.8. The Labute approximate surface area is 256 Å². The summed E-state index contributed by atoms with van der Waals surface area (Å²) in [5, 5.41) is 0.550. The predicted octanol–water partition coefficient (Wildman–Crippen LogP) is 5.29. The molecule has 242 valence electrons. The lowest BCUT2D eigenvalue weighted by atomic mass is 10.0. The molecule has 2 atom stereocenters. The zero-order valence-electron chi connectivity index (χ0n) is 24.3. The van der Waals surface area contributed by atoms with Crippen LogP contribution in [0.2, 0.25) is 0 Å². The van der Waals surface area contributed by atoms with Crippen molar-refractivity contribution in [3.8, 4) is 11.3 Å². The second-order valence-corrected chi connectivity index (χ2v) is 10.6. The van der Waals surface area contributed by atoms with Crippen LogP contribution in [0.25, 0.3) is 22.0 Å². The Hall–Kier alpha value is -4.14. The molecule has 1 aromatic heterocycles. The lowest BCUT2D eigenvalue weighted by Gasteiger charge is -2.19. The molecule has 0 saturated carbocycles. The molecule has 2 aliphatic heterocycles. The monoisotopic (exact) mass is 634 g/mol. The van der Waals surface area contributed by atoms with Crippen LogP contribution in [0.4, 0.5) is 28.4 Å². The summed E-state index contributed by atoms with van der Waals surface area (Å²) in [4.78, 5) is 41.6. The molecule has 0 bridgehead atoms. The SMILES string of the molecule is O=C(OCC1COCCCCCOCCO1)OC[C@@H]1CN(c2ccc3cc(-c4ccccc4C(F)(F)F)[nH]c(=O)c3c2)C(=O)O1. The molecule has 2 aromatic carbocycles. The molecule has 0 radical (unpaired) electrons. The number of carbonyl (C=O) groups is 2. The molecular formula is C31H33F3N2O9. The summed E-state index contributed by atoms with van der Waals surface area (Å²) in [7, 11) is 0. The van der Waals surface area contributed by atoms with Crippen molar-refractivity contribution in [1.82, 2.24) is 4.98 Å². The van der Waals surface area contributed by atoms with E-state index in [9.17, 15) is 27.6 Å². The highest BCUT2D eigenvalue weighted by Crippen LogP contribution is 2.36. The van der Waals surface area contributed by atoms with Crippen LogP contribution in [-0.4, -0.2) is 82.2 Å². The number of rotatable bonds is 6. The average molecular weight is 635 g/mol. The van der Waals surface area contributed by atoms with Gasteiger partial charge >= 0.3 is 18.4 Å². The van der Waals surface area contributed by atoms with E-state index in [2.05, 4.69) is 4.98 Å². The molecule has 2 aliphatic rings. The van der Waals surface area contributed by atoms with Crippen molar-refractivity contribution in [3.63, 3.8) is 0 Å². The summed E-state index contributed by atoms with van der Waals surface area (Å²) in [5.74, 6) is 0. The number of cyclic esters (lactones) is 1. The normalized spacial score (nSPS) is 20.2. The number of aromatic amines is 1. The van der Waals surface area contributed by atoms with Gasteiger partial charge in [-0.3, -0.25) is 9.69 Å². The minimum atomic E-state index is -4.61. The van der Waals surface area contributed by atoms with Crippen molar-refractivity contribution in [2.45, 2.75) is 37.6 Å². The van der Waals surface area contributed by atoms with E-state index in [1.54, 1.807) is 6.07 Å². The number of pyridine rings is 1. The predicted molar refractivity (Wildman–Crippen MR) is 155 cm³/mol. The number of fused-ring (bicyclic) bond motifs is 1. The highest BCUT2D eigenvalue weighted by molar-refractivity contribution is 5.94. The summed E-state index contributed by atoms with van der Waals surface area (Å²) in [6.45, 7) is 1.88. The number of halogens is 3. The second-order valence-electron chi connectivity index (χ2n) is 10.6. The maximum atomic E-state index is 13.5. The molecule has 2 saturated heterocycles. The van der Waals surface area contributed by atoms with Crippen molar-refractivity contribution in [2.24, 2.45) is 0 Å². The quantitative estimate of drug-likeness (QED) is 0.360. The molecule has 3 heterocycles. The van der Waals surface area contributed by atoms with Crippen LogP contribution in [0.1, 0.15) is 24.8 Å². The molecule has 1 unspecified atom stereocenters. The Bertz CT molecular complexity index is 1530. The first-order valence-corrected chi connectivity index (χ1v) is 14.6. The largest absolute Gasteiger partial charge is 0.508 e. The van der Waals surface area contributed by atoms with Gasteiger partial charge < -0.3 is 33.4 Å². The van der Waals surface area contributed by atoms with Gasteiger partial charge in [0.05, 0.1) is 31.9 Å². The van der Waals surface area contributed by atoms with Crippen molar-refractivity contribution in [3.05, 3.63) is 64.4 Å². The van der Waals surface area contributed by atoms with Gasteiger partial charge in [0.2, 0.25) is 0 Å². The third kappa shape index (κ3) is 8.53. The Balaban J connectivity index is 1.17. The van der Waals surface area contributed by atoms with Crippen molar-refractivity contribution in [2.75, 3.05) is 57.7 Å². The van der Waals surface area contributed by atoms with E-state index in [1.165, 1.54) is 41.3 Å². The highest BCUT2D eigenvalue weighted by Gasteiger charge is 2.35. The minimum absolute atomic E-state index is 0.0114. The fourth-order valence-corrected chi connectivity index (χ4v) is 5.03. The summed E-state index contributed by atoms with van der Waals surface area (Å²) in [6, 6.07) is 10.9. The highest BCUT2D eigenvalue weighted by atomic mass is 19.4. The van der Waals surface area contributed by atoms with Gasteiger partial charge in [-0.25, -0.2) is 9.59 Å². The summed E-state index contributed by atoms with van der Waals surface area (Å²) in [5.41, 5.74) is -1.32. The molecule has 11 nitrogen and oxygen atoms in total. The van der Waals surface area contributed by atoms with Crippen molar-refractivity contribution < 1.29 is 51.2 Å². The number of benzene rings is 2. The Morgan fingerprint density at radius 1 is 0.911 bits per heavy atom. The minimum Gasteiger partial charge on any atom is -0.440 e. The van der Waals surface area contributed by atoms with Crippen LogP contribution in [0.5, 0.6) is 0 Å². The molecule has 1 amide bonds. The van der Waals surface area contributed by atoms with Crippen molar-refractivity contribution >= 4 is 28.7 Å². The molecule has 3 aromatic rings. The number of ether oxygens (including phenoxy) is 6. The maximum Gasteiger partial charge on any atom is 0.508 e. The smallest absolute Gasteiger partial charge is 0.440 e. The van der Waals surface area contributed by atoms with E-state index in [0.29, 0.717) is 37.5 Å². The fourth-order valence-electron chi connectivity index (χ4n) is 5.03. The standard InChI is InChI=1S/C31H33F3N2O9/c32-31(33,34)26-7-3-2-6-24(26)27-14-20-8-9-21(15-25(20)28(37)35-27)36-16-22(45-29(36)38)18-43-30(39)44-19-23-17-41-11-5-1-4-10-40-12-13-42-23/h2-3,6-9,14-15,22-23H,1,4-5,10-13,16-19H2,(H,35,37)/t22-,23?/m0/s1. The van der Waals surface area contributed by atoms with Gasteiger partial charge in [0, 0.05) is 35.5 Å². The van der Waals surface area contributed by atoms with E-state index in [4.69, 9.17) is 28.4 Å². The van der Waals surface area contributed by atoms with Gasteiger partial charge in [-0.05, 0) is 48.9 Å². The third-order valence-corrected chi connectivity index (χ3v) is 7.27. The van der Waals surface area contributed by atoms with Crippen LogP contribution in [0.15, 0.2) is 53.3 Å². The van der Waals surface area contributed by atoms with Gasteiger partial charge in [-0.2, -0.15) is 13.2 Å². The van der Waals surface area contributed by atoms with Gasteiger partial charge in [0.1, 0.15) is 19.3 Å². The molecule has 14 heteroatoms. The van der Waals surface area contributed by atoms with Gasteiger partial charge in [-0.15, -0.1) is 0 Å².